The minimum atomic E-state index is 0.100. The molecule has 0 fully saturated rings. The van der Waals surface area contributed by atoms with Gasteiger partial charge in [0.2, 0.25) is 0 Å². The van der Waals surface area contributed by atoms with Crippen LogP contribution >= 0.6 is 0 Å². The number of aryl methyl sites for hydroxylation is 1. The summed E-state index contributed by atoms with van der Waals surface area (Å²) in [6.07, 6.45) is 1.27. The highest BCUT2D eigenvalue weighted by atomic mass is 16.1. The standard InChI is InChI=1S/C11H16N2O/c12-7-10-3-1-2-9(6-10)4-5-11(14)8-13/h1-3,6H,4-5,7-8,12-13H2. The Kier molecular flexibility index (Phi) is 4.29. The van der Waals surface area contributed by atoms with Crippen molar-refractivity contribution in [2.75, 3.05) is 6.54 Å². The first-order valence-corrected chi connectivity index (χ1v) is 4.76. The van der Waals surface area contributed by atoms with Crippen molar-refractivity contribution in [3.8, 4) is 0 Å². The van der Waals surface area contributed by atoms with Crippen LogP contribution in [0.25, 0.3) is 0 Å². The van der Waals surface area contributed by atoms with Crippen molar-refractivity contribution >= 4 is 5.78 Å². The molecule has 0 amide bonds. The Bertz CT molecular complexity index is 310. The van der Waals surface area contributed by atoms with E-state index >= 15 is 0 Å². The predicted molar refractivity (Wildman–Crippen MR) is 56.7 cm³/mol. The highest BCUT2D eigenvalue weighted by molar-refractivity contribution is 5.80. The lowest BCUT2D eigenvalue weighted by Crippen LogP contribution is -2.13. The SMILES string of the molecule is NCC(=O)CCc1cccc(CN)c1. The van der Waals surface area contributed by atoms with Gasteiger partial charge in [-0.15, -0.1) is 0 Å². The molecular weight excluding hydrogens is 176 g/mol. The van der Waals surface area contributed by atoms with Gasteiger partial charge in [-0.05, 0) is 17.5 Å². The van der Waals surface area contributed by atoms with E-state index in [1.807, 2.05) is 24.3 Å². The number of carbonyl (C=O) groups excluding carboxylic acids is 1. The normalized spacial score (nSPS) is 10.1. The van der Waals surface area contributed by atoms with Crippen LogP contribution in [-0.2, 0) is 17.8 Å². The molecule has 0 bridgehead atoms. The second-order valence-electron chi connectivity index (χ2n) is 3.27. The van der Waals surface area contributed by atoms with E-state index in [0.717, 1.165) is 17.5 Å². The van der Waals surface area contributed by atoms with Crippen LogP contribution in [0, 0.1) is 0 Å². The van der Waals surface area contributed by atoms with Crippen LogP contribution in [0.2, 0.25) is 0 Å². The Morgan fingerprint density at radius 3 is 2.57 bits per heavy atom. The Balaban J connectivity index is 2.54. The minimum Gasteiger partial charge on any atom is -0.326 e. The van der Waals surface area contributed by atoms with E-state index in [9.17, 15) is 4.79 Å². The van der Waals surface area contributed by atoms with Gasteiger partial charge >= 0.3 is 0 Å². The molecule has 1 aromatic carbocycles. The molecule has 76 valence electrons. The van der Waals surface area contributed by atoms with Crippen LogP contribution in [0.5, 0.6) is 0 Å². The van der Waals surface area contributed by atoms with Gasteiger partial charge in [0.15, 0.2) is 0 Å². The molecule has 14 heavy (non-hydrogen) atoms. The van der Waals surface area contributed by atoms with Gasteiger partial charge in [0, 0.05) is 13.0 Å². The fourth-order valence-corrected chi connectivity index (χ4v) is 1.30. The third-order valence-corrected chi connectivity index (χ3v) is 2.15. The van der Waals surface area contributed by atoms with Gasteiger partial charge in [0.1, 0.15) is 5.78 Å². The number of carbonyl (C=O) groups is 1. The molecule has 0 aliphatic heterocycles. The van der Waals surface area contributed by atoms with Crippen LogP contribution in [0.4, 0.5) is 0 Å². The topological polar surface area (TPSA) is 69.1 Å². The fourth-order valence-electron chi connectivity index (χ4n) is 1.30. The largest absolute Gasteiger partial charge is 0.326 e. The summed E-state index contributed by atoms with van der Waals surface area (Å²) >= 11 is 0. The summed E-state index contributed by atoms with van der Waals surface area (Å²) in [5.41, 5.74) is 13.0. The Morgan fingerprint density at radius 1 is 1.21 bits per heavy atom. The molecular formula is C11H16N2O. The zero-order chi connectivity index (χ0) is 10.4. The first-order valence-electron chi connectivity index (χ1n) is 4.76. The van der Waals surface area contributed by atoms with Crippen LogP contribution in [0.1, 0.15) is 17.5 Å². The van der Waals surface area contributed by atoms with Gasteiger partial charge in [-0.2, -0.15) is 0 Å². The molecule has 0 heterocycles. The highest BCUT2D eigenvalue weighted by Crippen LogP contribution is 2.07. The van der Waals surface area contributed by atoms with Crippen LogP contribution in [0.3, 0.4) is 0 Å². The molecule has 0 aromatic heterocycles. The second-order valence-corrected chi connectivity index (χ2v) is 3.27. The fraction of sp³-hybridized carbons (Fsp3) is 0.364. The molecule has 3 nitrogen and oxygen atoms in total. The van der Waals surface area contributed by atoms with Crippen molar-refractivity contribution in [3.05, 3.63) is 35.4 Å². The van der Waals surface area contributed by atoms with Gasteiger partial charge in [-0.3, -0.25) is 4.79 Å². The molecule has 0 radical (unpaired) electrons. The molecule has 4 N–H and O–H groups in total. The van der Waals surface area contributed by atoms with E-state index in [1.165, 1.54) is 0 Å². The maximum absolute atomic E-state index is 11.0. The summed E-state index contributed by atoms with van der Waals surface area (Å²) in [5.74, 6) is 0.100. The number of Topliss-reactive ketones (excluding diaryl/α,β-unsaturated/α-hetero) is 1. The molecule has 1 aromatic rings. The van der Waals surface area contributed by atoms with E-state index in [2.05, 4.69) is 0 Å². The Morgan fingerprint density at radius 2 is 1.93 bits per heavy atom. The molecule has 0 atom stereocenters. The van der Waals surface area contributed by atoms with Gasteiger partial charge in [0.25, 0.3) is 0 Å². The number of hydrogen-bond donors (Lipinski definition) is 2. The summed E-state index contributed by atoms with van der Waals surface area (Å²) in [4.78, 5) is 11.0. The third-order valence-electron chi connectivity index (χ3n) is 2.15. The molecule has 0 aliphatic rings. The number of ketones is 1. The molecule has 0 unspecified atom stereocenters. The molecule has 3 heteroatoms. The summed E-state index contributed by atoms with van der Waals surface area (Å²) in [6, 6.07) is 7.98. The Hall–Kier alpha value is -1.19. The first kappa shape index (κ1) is 10.9. The van der Waals surface area contributed by atoms with E-state index in [-0.39, 0.29) is 12.3 Å². The maximum Gasteiger partial charge on any atom is 0.146 e. The molecule has 1 rings (SSSR count). The van der Waals surface area contributed by atoms with Crippen molar-refractivity contribution in [3.63, 3.8) is 0 Å². The van der Waals surface area contributed by atoms with Crippen molar-refractivity contribution in [2.24, 2.45) is 11.5 Å². The van der Waals surface area contributed by atoms with Crippen LogP contribution < -0.4 is 11.5 Å². The Labute approximate surface area is 84.1 Å². The minimum absolute atomic E-state index is 0.100. The molecule has 0 aliphatic carbocycles. The zero-order valence-corrected chi connectivity index (χ0v) is 8.20. The first-order chi connectivity index (χ1) is 6.76. The number of benzene rings is 1. The lowest BCUT2D eigenvalue weighted by molar-refractivity contribution is -0.117. The highest BCUT2D eigenvalue weighted by Gasteiger charge is 2.00. The lowest BCUT2D eigenvalue weighted by atomic mass is 10.0. The molecule has 0 saturated heterocycles. The van der Waals surface area contributed by atoms with Gasteiger partial charge < -0.3 is 11.5 Å². The van der Waals surface area contributed by atoms with Crippen LogP contribution in [-0.4, -0.2) is 12.3 Å². The van der Waals surface area contributed by atoms with E-state index in [4.69, 9.17) is 11.5 Å². The predicted octanol–water partition coefficient (Wildman–Crippen LogP) is 0.606. The lowest BCUT2D eigenvalue weighted by Gasteiger charge is -2.02. The zero-order valence-electron chi connectivity index (χ0n) is 8.20. The number of nitrogens with two attached hydrogens (primary N) is 2. The van der Waals surface area contributed by atoms with Gasteiger partial charge in [-0.25, -0.2) is 0 Å². The van der Waals surface area contributed by atoms with E-state index in [1.54, 1.807) is 0 Å². The average molecular weight is 192 g/mol. The number of hydrogen-bond acceptors (Lipinski definition) is 3. The van der Waals surface area contributed by atoms with Crippen molar-refractivity contribution in [2.45, 2.75) is 19.4 Å². The van der Waals surface area contributed by atoms with E-state index in [0.29, 0.717) is 13.0 Å². The summed E-state index contributed by atoms with van der Waals surface area (Å²) in [5, 5.41) is 0. The number of rotatable bonds is 5. The van der Waals surface area contributed by atoms with Gasteiger partial charge in [-0.1, -0.05) is 24.3 Å². The van der Waals surface area contributed by atoms with E-state index < -0.39 is 0 Å². The average Bonchev–Trinajstić information content (AvgIpc) is 2.26. The van der Waals surface area contributed by atoms with Crippen molar-refractivity contribution in [1.82, 2.24) is 0 Å². The van der Waals surface area contributed by atoms with Crippen LogP contribution in [0.15, 0.2) is 24.3 Å². The monoisotopic (exact) mass is 192 g/mol. The quantitative estimate of drug-likeness (QED) is 0.718. The molecule has 0 spiro atoms. The third kappa shape index (κ3) is 3.28. The summed E-state index contributed by atoms with van der Waals surface area (Å²) in [7, 11) is 0. The molecule has 0 saturated carbocycles. The van der Waals surface area contributed by atoms with Crippen molar-refractivity contribution < 1.29 is 4.79 Å². The van der Waals surface area contributed by atoms with Gasteiger partial charge in [0.05, 0.1) is 6.54 Å². The second kappa shape index (κ2) is 5.52. The maximum atomic E-state index is 11.0. The summed E-state index contributed by atoms with van der Waals surface area (Å²) < 4.78 is 0. The smallest absolute Gasteiger partial charge is 0.146 e. The summed E-state index contributed by atoms with van der Waals surface area (Å²) in [6.45, 7) is 0.676. The van der Waals surface area contributed by atoms with Crippen molar-refractivity contribution in [1.29, 1.82) is 0 Å².